The lowest BCUT2D eigenvalue weighted by Crippen LogP contribution is -2.39. The maximum atomic E-state index is 6.05. The lowest BCUT2D eigenvalue weighted by molar-refractivity contribution is 0.0964. The highest BCUT2D eigenvalue weighted by molar-refractivity contribution is 5.42. The first-order chi connectivity index (χ1) is 10.2. The van der Waals surface area contributed by atoms with E-state index in [2.05, 4.69) is 46.9 Å². The molecule has 0 fully saturated rings. The second-order valence-corrected chi connectivity index (χ2v) is 6.14. The molecule has 2 heterocycles. The van der Waals surface area contributed by atoms with Gasteiger partial charge < -0.3 is 14.6 Å². The molecule has 0 saturated carbocycles. The number of para-hydroxylation sites is 1. The molecule has 1 atom stereocenters. The predicted molar refractivity (Wildman–Crippen MR) is 83.4 cm³/mol. The Balaban J connectivity index is 1.50. The molecule has 1 N–H and O–H groups in total. The van der Waals surface area contributed by atoms with Crippen LogP contribution in [0.5, 0.6) is 5.75 Å². The van der Waals surface area contributed by atoms with Crippen LogP contribution in [0, 0.1) is 0 Å². The lowest BCUT2D eigenvalue weighted by atomic mass is 9.94. The van der Waals surface area contributed by atoms with Crippen molar-refractivity contribution < 1.29 is 4.74 Å². The third-order valence-electron chi connectivity index (χ3n) is 4.05. The molecule has 21 heavy (non-hydrogen) atoms. The number of ether oxygens (including phenoxy) is 1. The first kappa shape index (κ1) is 14.1. The van der Waals surface area contributed by atoms with Gasteiger partial charge in [-0.2, -0.15) is 0 Å². The van der Waals surface area contributed by atoms with Gasteiger partial charge in [0.1, 0.15) is 11.4 Å². The third-order valence-corrected chi connectivity index (χ3v) is 4.05. The van der Waals surface area contributed by atoms with Gasteiger partial charge >= 0.3 is 0 Å². The van der Waals surface area contributed by atoms with Crippen LogP contribution in [0.3, 0.4) is 0 Å². The minimum atomic E-state index is -0.186. The van der Waals surface area contributed by atoms with E-state index in [0.717, 1.165) is 31.7 Å². The Morgan fingerprint density at radius 1 is 1.29 bits per heavy atom. The molecule has 0 spiro atoms. The summed E-state index contributed by atoms with van der Waals surface area (Å²) in [6.45, 7) is 6.33. The minimum absolute atomic E-state index is 0.186. The number of nitrogens with one attached hydrogen (secondary N) is 1. The van der Waals surface area contributed by atoms with Gasteiger partial charge in [0.2, 0.25) is 0 Å². The molecular formula is C17H23N3O. The van der Waals surface area contributed by atoms with Crippen molar-refractivity contribution in [3.8, 4) is 5.75 Å². The molecule has 1 aliphatic rings. The molecular weight excluding hydrogens is 262 g/mol. The first-order valence-electron chi connectivity index (χ1n) is 7.64. The first-order valence-corrected chi connectivity index (χ1v) is 7.64. The van der Waals surface area contributed by atoms with Crippen LogP contribution in [-0.2, 0) is 6.54 Å². The van der Waals surface area contributed by atoms with E-state index in [1.807, 2.05) is 24.8 Å². The fourth-order valence-electron chi connectivity index (χ4n) is 2.97. The Labute approximate surface area is 126 Å². The van der Waals surface area contributed by atoms with Crippen molar-refractivity contribution in [2.24, 2.45) is 0 Å². The van der Waals surface area contributed by atoms with Crippen molar-refractivity contribution in [1.29, 1.82) is 0 Å². The van der Waals surface area contributed by atoms with E-state index in [-0.39, 0.29) is 11.6 Å². The summed E-state index contributed by atoms with van der Waals surface area (Å²) in [5.41, 5.74) is 1.09. The summed E-state index contributed by atoms with van der Waals surface area (Å²) in [5, 5.41) is 3.66. The largest absolute Gasteiger partial charge is 0.486 e. The molecule has 112 valence electrons. The number of aryl methyl sites for hydroxylation is 1. The summed E-state index contributed by atoms with van der Waals surface area (Å²) in [4.78, 5) is 4.06. The van der Waals surface area contributed by atoms with Gasteiger partial charge in [0, 0.05) is 24.5 Å². The fourth-order valence-corrected chi connectivity index (χ4v) is 2.97. The van der Waals surface area contributed by atoms with Crippen molar-refractivity contribution in [2.45, 2.75) is 44.9 Å². The van der Waals surface area contributed by atoms with E-state index in [9.17, 15) is 0 Å². The molecule has 0 amide bonds. The van der Waals surface area contributed by atoms with Crippen LogP contribution in [0.25, 0.3) is 0 Å². The standard InChI is InChI=1S/C17H23N3O/c1-17(2)16(14-7-3-4-8-15(14)21-17)19-9-5-6-11-20-12-10-18-13-20/h3-4,7-8,10,12-13,16,19H,5-6,9,11H2,1-2H3. The van der Waals surface area contributed by atoms with Gasteiger partial charge in [-0.1, -0.05) is 18.2 Å². The molecule has 2 aromatic rings. The number of aromatic nitrogens is 2. The maximum Gasteiger partial charge on any atom is 0.125 e. The molecule has 0 bridgehead atoms. The lowest BCUT2D eigenvalue weighted by Gasteiger charge is -2.27. The van der Waals surface area contributed by atoms with Crippen LogP contribution < -0.4 is 10.1 Å². The number of rotatable bonds is 6. The summed E-state index contributed by atoms with van der Waals surface area (Å²) in [5.74, 6) is 1.01. The van der Waals surface area contributed by atoms with Gasteiger partial charge in [-0.15, -0.1) is 0 Å². The van der Waals surface area contributed by atoms with Crippen LogP contribution in [0.1, 0.15) is 38.3 Å². The summed E-state index contributed by atoms with van der Waals surface area (Å²) in [7, 11) is 0. The molecule has 3 rings (SSSR count). The smallest absolute Gasteiger partial charge is 0.125 e. The zero-order valence-corrected chi connectivity index (χ0v) is 12.7. The highest BCUT2D eigenvalue weighted by atomic mass is 16.5. The molecule has 4 nitrogen and oxygen atoms in total. The highest BCUT2D eigenvalue weighted by Gasteiger charge is 2.40. The summed E-state index contributed by atoms with van der Waals surface area (Å²) >= 11 is 0. The second kappa shape index (κ2) is 5.90. The van der Waals surface area contributed by atoms with Crippen LogP contribution >= 0.6 is 0 Å². The SMILES string of the molecule is CC1(C)Oc2ccccc2C1NCCCCn1ccnc1. The van der Waals surface area contributed by atoms with E-state index in [1.54, 1.807) is 0 Å². The van der Waals surface area contributed by atoms with Crippen LogP contribution in [0.15, 0.2) is 43.0 Å². The third kappa shape index (κ3) is 3.10. The number of hydrogen-bond donors (Lipinski definition) is 1. The Kier molecular flexibility index (Phi) is 3.97. The minimum Gasteiger partial charge on any atom is -0.486 e. The van der Waals surface area contributed by atoms with Gasteiger partial charge in [-0.3, -0.25) is 0 Å². The molecule has 0 aliphatic carbocycles. The highest BCUT2D eigenvalue weighted by Crippen LogP contribution is 2.42. The Hall–Kier alpha value is -1.81. The van der Waals surface area contributed by atoms with Gasteiger partial charge in [0.05, 0.1) is 12.4 Å². The average Bonchev–Trinajstić information content (AvgIpc) is 3.04. The van der Waals surface area contributed by atoms with Gasteiger partial charge in [-0.25, -0.2) is 4.98 Å². The molecule has 1 aromatic carbocycles. The van der Waals surface area contributed by atoms with Crippen molar-refractivity contribution >= 4 is 0 Å². The predicted octanol–water partition coefficient (Wildman–Crippen LogP) is 3.17. The van der Waals surface area contributed by atoms with Crippen molar-refractivity contribution in [3.63, 3.8) is 0 Å². The number of nitrogens with zero attached hydrogens (tertiary/aromatic N) is 2. The van der Waals surface area contributed by atoms with E-state index in [0.29, 0.717) is 0 Å². The van der Waals surface area contributed by atoms with E-state index in [4.69, 9.17) is 4.74 Å². The number of benzene rings is 1. The zero-order chi connectivity index (χ0) is 14.7. The molecule has 0 saturated heterocycles. The Bertz CT molecular complexity index is 577. The van der Waals surface area contributed by atoms with E-state index < -0.39 is 0 Å². The number of hydrogen-bond acceptors (Lipinski definition) is 3. The van der Waals surface area contributed by atoms with Crippen molar-refractivity contribution in [1.82, 2.24) is 14.9 Å². The Morgan fingerprint density at radius 3 is 2.95 bits per heavy atom. The van der Waals surface area contributed by atoms with Gasteiger partial charge in [0.15, 0.2) is 0 Å². The normalized spacial score (nSPS) is 19.2. The summed E-state index contributed by atoms with van der Waals surface area (Å²) < 4.78 is 8.17. The molecule has 1 aliphatic heterocycles. The second-order valence-electron chi connectivity index (χ2n) is 6.14. The zero-order valence-electron chi connectivity index (χ0n) is 12.7. The summed E-state index contributed by atoms with van der Waals surface area (Å²) in [6, 6.07) is 8.59. The van der Waals surface area contributed by atoms with Crippen molar-refractivity contribution in [3.05, 3.63) is 48.5 Å². The van der Waals surface area contributed by atoms with Gasteiger partial charge in [-0.05, 0) is 39.3 Å². The molecule has 4 heteroatoms. The maximum absolute atomic E-state index is 6.05. The summed E-state index contributed by atoms with van der Waals surface area (Å²) in [6.07, 6.45) is 8.01. The molecule has 1 unspecified atom stereocenters. The number of unbranched alkanes of at least 4 members (excludes halogenated alkanes) is 1. The van der Waals surface area contributed by atoms with Crippen LogP contribution in [0.4, 0.5) is 0 Å². The monoisotopic (exact) mass is 285 g/mol. The van der Waals surface area contributed by atoms with E-state index in [1.165, 1.54) is 5.56 Å². The van der Waals surface area contributed by atoms with E-state index >= 15 is 0 Å². The topological polar surface area (TPSA) is 39.1 Å². The Morgan fingerprint density at radius 2 is 2.14 bits per heavy atom. The fraction of sp³-hybridized carbons (Fsp3) is 0.471. The van der Waals surface area contributed by atoms with Crippen LogP contribution in [-0.4, -0.2) is 21.7 Å². The quantitative estimate of drug-likeness (QED) is 0.829. The molecule has 1 aromatic heterocycles. The average molecular weight is 285 g/mol. The number of fused-ring (bicyclic) bond motifs is 1. The van der Waals surface area contributed by atoms with Crippen molar-refractivity contribution in [2.75, 3.05) is 6.54 Å². The van der Waals surface area contributed by atoms with Crippen LogP contribution in [0.2, 0.25) is 0 Å². The number of imidazole rings is 1. The molecule has 0 radical (unpaired) electrons. The van der Waals surface area contributed by atoms with Gasteiger partial charge in [0.25, 0.3) is 0 Å².